The lowest BCUT2D eigenvalue weighted by Gasteiger charge is -2.34. The SMILES string of the molecule is CC(C)(C)c1ccc(CN2CCN(S(=O)(=O)c3cccc(C(F)(F)F)c3)CC2)cc1. The van der Waals surface area contributed by atoms with Crippen LogP contribution in [0.5, 0.6) is 0 Å². The summed E-state index contributed by atoms with van der Waals surface area (Å²) in [6.07, 6.45) is -4.58. The van der Waals surface area contributed by atoms with E-state index in [0.717, 1.165) is 17.7 Å². The predicted molar refractivity (Wildman–Crippen MR) is 111 cm³/mol. The van der Waals surface area contributed by atoms with E-state index in [4.69, 9.17) is 0 Å². The van der Waals surface area contributed by atoms with Crippen molar-refractivity contribution in [1.82, 2.24) is 9.21 Å². The fourth-order valence-electron chi connectivity index (χ4n) is 3.48. The summed E-state index contributed by atoms with van der Waals surface area (Å²) in [6, 6.07) is 12.3. The number of hydrogen-bond acceptors (Lipinski definition) is 3. The van der Waals surface area contributed by atoms with Gasteiger partial charge in [0.05, 0.1) is 10.5 Å². The summed E-state index contributed by atoms with van der Waals surface area (Å²) in [6.45, 7) is 8.74. The van der Waals surface area contributed by atoms with Crippen LogP contribution < -0.4 is 0 Å². The van der Waals surface area contributed by atoms with Crippen LogP contribution in [0, 0.1) is 0 Å². The van der Waals surface area contributed by atoms with Crippen LogP contribution in [-0.4, -0.2) is 43.8 Å². The van der Waals surface area contributed by atoms with Crippen LogP contribution in [0.4, 0.5) is 13.2 Å². The van der Waals surface area contributed by atoms with Crippen LogP contribution in [-0.2, 0) is 28.2 Å². The van der Waals surface area contributed by atoms with E-state index in [1.807, 2.05) is 0 Å². The summed E-state index contributed by atoms with van der Waals surface area (Å²) < 4.78 is 65.7. The number of piperazine rings is 1. The fourth-order valence-corrected chi connectivity index (χ4v) is 4.95. The number of halogens is 3. The van der Waals surface area contributed by atoms with Crippen molar-refractivity contribution >= 4 is 10.0 Å². The van der Waals surface area contributed by atoms with Crippen molar-refractivity contribution in [3.8, 4) is 0 Å². The Morgan fingerprint density at radius 1 is 0.867 bits per heavy atom. The van der Waals surface area contributed by atoms with Gasteiger partial charge >= 0.3 is 6.18 Å². The molecule has 2 aromatic carbocycles. The third kappa shape index (κ3) is 5.22. The largest absolute Gasteiger partial charge is 0.416 e. The van der Waals surface area contributed by atoms with E-state index < -0.39 is 21.8 Å². The summed E-state index contributed by atoms with van der Waals surface area (Å²) in [5.74, 6) is 0. The van der Waals surface area contributed by atoms with Gasteiger partial charge in [0.25, 0.3) is 0 Å². The van der Waals surface area contributed by atoms with Gasteiger partial charge in [0.1, 0.15) is 0 Å². The van der Waals surface area contributed by atoms with Crippen molar-refractivity contribution in [3.63, 3.8) is 0 Å². The zero-order valence-electron chi connectivity index (χ0n) is 17.4. The molecule has 164 valence electrons. The number of alkyl halides is 3. The van der Waals surface area contributed by atoms with Crippen molar-refractivity contribution < 1.29 is 21.6 Å². The van der Waals surface area contributed by atoms with Gasteiger partial charge in [-0.3, -0.25) is 4.90 Å². The molecular weight excluding hydrogens is 413 g/mol. The molecule has 1 fully saturated rings. The number of benzene rings is 2. The minimum Gasteiger partial charge on any atom is -0.296 e. The highest BCUT2D eigenvalue weighted by molar-refractivity contribution is 7.89. The molecule has 0 bridgehead atoms. The molecule has 1 heterocycles. The number of sulfonamides is 1. The van der Waals surface area contributed by atoms with Crippen molar-refractivity contribution in [3.05, 3.63) is 65.2 Å². The molecule has 1 aliphatic heterocycles. The summed E-state index contributed by atoms with van der Waals surface area (Å²) in [5.41, 5.74) is 1.53. The first-order valence-corrected chi connectivity index (χ1v) is 11.3. The molecule has 4 nitrogen and oxygen atoms in total. The van der Waals surface area contributed by atoms with Crippen molar-refractivity contribution in [2.24, 2.45) is 0 Å². The molecule has 0 aliphatic carbocycles. The monoisotopic (exact) mass is 440 g/mol. The van der Waals surface area contributed by atoms with Crippen LogP contribution in [0.25, 0.3) is 0 Å². The second kappa shape index (κ2) is 8.32. The van der Waals surface area contributed by atoms with E-state index in [1.54, 1.807) is 0 Å². The molecule has 0 saturated carbocycles. The van der Waals surface area contributed by atoms with Crippen molar-refractivity contribution in [2.45, 2.75) is 43.8 Å². The molecule has 0 unspecified atom stereocenters. The quantitative estimate of drug-likeness (QED) is 0.703. The molecule has 1 aliphatic rings. The minimum absolute atomic E-state index is 0.0853. The molecule has 0 aromatic heterocycles. The van der Waals surface area contributed by atoms with Crippen LogP contribution >= 0.6 is 0 Å². The van der Waals surface area contributed by atoms with E-state index in [2.05, 4.69) is 49.9 Å². The van der Waals surface area contributed by atoms with E-state index in [0.29, 0.717) is 25.7 Å². The maximum atomic E-state index is 12.9. The molecule has 3 rings (SSSR count). The van der Waals surface area contributed by atoms with E-state index in [9.17, 15) is 21.6 Å². The van der Waals surface area contributed by atoms with Crippen LogP contribution in [0.3, 0.4) is 0 Å². The third-order valence-electron chi connectivity index (χ3n) is 5.36. The van der Waals surface area contributed by atoms with Gasteiger partial charge in [0.2, 0.25) is 10.0 Å². The Hall–Kier alpha value is -1.90. The third-order valence-corrected chi connectivity index (χ3v) is 7.25. The molecular formula is C22H27F3N2O2S. The van der Waals surface area contributed by atoms with E-state index in [-0.39, 0.29) is 23.4 Å². The zero-order valence-corrected chi connectivity index (χ0v) is 18.2. The van der Waals surface area contributed by atoms with E-state index >= 15 is 0 Å². The number of rotatable bonds is 4. The molecule has 0 N–H and O–H groups in total. The van der Waals surface area contributed by atoms with Gasteiger partial charge in [-0.25, -0.2) is 8.42 Å². The Morgan fingerprint density at radius 3 is 2.00 bits per heavy atom. The first-order valence-electron chi connectivity index (χ1n) is 9.86. The lowest BCUT2D eigenvalue weighted by molar-refractivity contribution is -0.137. The Bertz CT molecular complexity index is 973. The molecule has 30 heavy (non-hydrogen) atoms. The Labute approximate surface area is 176 Å². The van der Waals surface area contributed by atoms with Gasteiger partial charge in [-0.2, -0.15) is 17.5 Å². The summed E-state index contributed by atoms with van der Waals surface area (Å²) in [7, 11) is -3.96. The minimum atomic E-state index is -4.58. The average molecular weight is 441 g/mol. The fraction of sp³-hybridized carbons (Fsp3) is 0.455. The second-order valence-corrected chi connectivity index (χ2v) is 10.6. The summed E-state index contributed by atoms with van der Waals surface area (Å²) in [5, 5.41) is 0. The van der Waals surface area contributed by atoms with Gasteiger partial charge < -0.3 is 0 Å². The maximum Gasteiger partial charge on any atom is 0.416 e. The van der Waals surface area contributed by atoms with Crippen molar-refractivity contribution in [2.75, 3.05) is 26.2 Å². The second-order valence-electron chi connectivity index (χ2n) is 8.65. The topological polar surface area (TPSA) is 40.6 Å². The standard InChI is InChI=1S/C22H27F3N2O2S/c1-21(2,3)18-9-7-17(8-10-18)16-26-11-13-27(14-12-26)30(28,29)20-6-4-5-19(15-20)22(23,24)25/h4-10,15H,11-14,16H2,1-3H3. The average Bonchev–Trinajstić information content (AvgIpc) is 2.67. The first kappa shape index (κ1) is 22.8. The van der Waals surface area contributed by atoms with E-state index in [1.165, 1.54) is 15.9 Å². The normalized spacial score (nSPS) is 17.3. The van der Waals surface area contributed by atoms with Crippen LogP contribution in [0.15, 0.2) is 53.4 Å². The Balaban J connectivity index is 1.64. The Morgan fingerprint density at radius 2 is 1.47 bits per heavy atom. The van der Waals surface area contributed by atoms with Crippen molar-refractivity contribution in [1.29, 1.82) is 0 Å². The van der Waals surface area contributed by atoms with Gasteiger partial charge in [-0.15, -0.1) is 0 Å². The highest BCUT2D eigenvalue weighted by atomic mass is 32.2. The summed E-state index contributed by atoms with van der Waals surface area (Å²) >= 11 is 0. The smallest absolute Gasteiger partial charge is 0.296 e. The zero-order chi connectivity index (χ0) is 22.2. The number of hydrogen-bond donors (Lipinski definition) is 0. The van der Waals surface area contributed by atoms with Gasteiger partial charge in [0, 0.05) is 32.7 Å². The van der Waals surface area contributed by atoms with Gasteiger partial charge in [-0.05, 0) is 34.7 Å². The molecule has 8 heteroatoms. The molecule has 0 spiro atoms. The number of nitrogens with zero attached hydrogens (tertiary/aromatic N) is 2. The molecule has 2 aromatic rings. The van der Waals surface area contributed by atoms with Crippen LogP contribution in [0.2, 0.25) is 0 Å². The molecule has 0 radical (unpaired) electrons. The molecule has 1 saturated heterocycles. The van der Waals surface area contributed by atoms with Crippen LogP contribution in [0.1, 0.15) is 37.5 Å². The highest BCUT2D eigenvalue weighted by Gasteiger charge is 2.34. The predicted octanol–water partition coefficient (Wildman–Crippen LogP) is 4.51. The molecule has 0 amide bonds. The lowest BCUT2D eigenvalue weighted by Crippen LogP contribution is -2.48. The lowest BCUT2D eigenvalue weighted by atomic mass is 9.87. The van der Waals surface area contributed by atoms with Gasteiger partial charge in [-0.1, -0.05) is 51.1 Å². The molecule has 0 atom stereocenters. The first-order chi connectivity index (χ1) is 13.9. The van der Waals surface area contributed by atoms with Gasteiger partial charge in [0.15, 0.2) is 0 Å². The Kier molecular flexibility index (Phi) is 6.32. The summed E-state index contributed by atoms with van der Waals surface area (Å²) in [4.78, 5) is 1.84. The maximum absolute atomic E-state index is 12.9. The highest BCUT2D eigenvalue weighted by Crippen LogP contribution is 2.31.